The molecule has 8 heteroatoms. The predicted molar refractivity (Wildman–Crippen MR) is 117 cm³/mol. The van der Waals surface area contributed by atoms with Crippen LogP contribution in [0.5, 0.6) is 5.75 Å². The summed E-state index contributed by atoms with van der Waals surface area (Å²) in [6.07, 6.45) is 1.41. The van der Waals surface area contributed by atoms with Gasteiger partial charge < -0.3 is 10.1 Å². The summed E-state index contributed by atoms with van der Waals surface area (Å²) in [5.41, 5.74) is 4.62. The van der Waals surface area contributed by atoms with Crippen molar-refractivity contribution in [1.82, 2.24) is 10.7 Å². The van der Waals surface area contributed by atoms with Gasteiger partial charge in [0.15, 0.2) is 0 Å². The Morgan fingerprint density at radius 3 is 2.38 bits per heavy atom. The fourth-order valence-electron chi connectivity index (χ4n) is 2.64. The summed E-state index contributed by atoms with van der Waals surface area (Å²) >= 11 is 0. The number of aryl methyl sites for hydroxylation is 1. The smallest absolute Gasteiger partial charge is 0.343 e. The largest absolute Gasteiger partial charge is 0.423 e. The Balaban J connectivity index is 1.45. The van der Waals surface area contributed by atoms with E-state index in [4.69, 9.17) is 4.74 Å². The molecule has 0 radical (unpaired) electrons. The third-order valence-corrected chi connectivity index (χ3v) is 4.26. The number of rotatable bonds is 7. The summed E-state index contributed by atoms with van der Waals surface area (Å²) in [5.74, 6) is -1.56. The van der Waals surface area contributed by atoms with Crippen molar-refractivity contribution in [3.05, 3.63) is 101 Å². The first-order valence-corrected chi connectivity index (χ1v) is 9.65. The van der Waals surface area contributed by atoms with E-state index in [1.165, 1.54) is 18.3 Å². The molecule has 0 saturated heterocycles. The summed E-state index contributed by atoms with van der Waals surface area (Å²) in [6, 6.07) is 18.6. The van der Waals surface area contributed by atoms with Crippen LogP contribution >= 0.6 is 0 Å². The van der Waals surface area contributed by atoms with E-state index >= 15 is 0 Å². The van der Waals surface area contributed by atoms with Gasteiger partial charge in [-0.1, -0.05) is 17.7 Å². The van der Waals surface area contributed by atoms with Crippen LogP contribution in [0.25, 0.3) is 0 Å². The Hall–Kier alpha value is -4.33. The summed E-state index contributed by atoms with van der Waals surface area (Å²) < 4.78 is 18.2. The van der Waals surface area contributed by atoms with Gasteiger partial charge in [-0.05, 0) is 73.2 Å². The molecule has 0 aromatic heterocycles. The number of hydrogen-bond donors (Lipinski definition) is 2. The van der Waals surface area contributed by atoms with Crippen LogP contribution in [0.1, 0.15) is 31.8 Å². The van der Waals surface area contributed by atoms with E-state index in [9.17, 15) is 18.8 Å². The maximum absolute atomic E-state index is 12.9. The summed E-state index contributed by atoms with van der Waals surface area (Å²) in [4.78, 5) is 35.9. The molecule has 0 heterocycles. The van der Waals surface area contributed by atoms with Crippen LogP contribution in [0.15, 0.2) is 77.9 Å². The van der Waals surface area contributed by atoms with Gasteiger partial charge in [-0.15, -0.1) is 0 Å². The van der Waals surface area contributed by atoms with Crippen LogP contribution in [0.4, 0.5) is 4.39 Å². The van der Waals surface area contributed by atoms with Gasteiger partial charge >= 0.3 is 5.97 Å². The van der Waals surface area contributed by atoms with Crippen LogP contribution < -0.4 is 15.5 Å². The zero-order valence-corrected chi connectivity index (χ0v) is 17.2. The molecule has 0 saturated carbocycles. The molecule has 32 heavy (non-hydrogen) atoms. The highest BCUT2D eigenvalue weighted by molar-refractivity contribution is 5.96. The van der Waals surface area contributed by atoms with E-state index in [1.54, 1.807) is 42.5 Å². The lowest BCUT2D eigenvalue weighted by molar-refractivity contribution is -0.120. The SMILES string of the molecule is Cc1cccc(C(=O)Oc2ccc(/C=N\NC(=O)CNC(=O)c3ccc(F)cc3)cc2)c1. The van der Waals surface area contributed by atoms with E-state index in [-0.39, 0.29) is 12.1 Å². The van der Waals surface area contributed by atoms with Crippen molar-refractivity contribution in [2.45, 2.75) is 6.92 Å². The van der Waals surface area contributed by atoms with Gasteiger partial charge in [0.2, 0.25) is 0 Å². The molecule has 0 aliphatic rings. The lowest BCUT2D eigenvalue weighted by Crippen LogP contribution is -2.34. The normalized spacial score (nSPS) is 10.6. The number of hydrazone groups is 1. The Morgan fingerprint density at radius 2 is 1.69 bits per heavy atom. The highest BCUT2D eigenvalue weighted by Crippen LogP contribution is 2.14. The van der Waals surface area contributed by atoms with Crippen LogP contribution in [-0.2, 0) is 4.79 Å². The van der Waals surface area contributed by atoms with Gasteiger partial charge in [-0.2, -0.15) is 5.10 Å². The number of hydrogen-bond acceptors (Lipinski definition) is 5. The number of halogens is 1. The van der Waals surface area contributed by atoms with E-state index in [0.29, 0.717) is 16.9 Å². The lowest BCUT2D eigenvalue weighted by Gasteiger charge is -2.05. The third-order valence-electron chi connectivity index (χ3n) is 4.26. The van der Waals surface area contributed by atoms with E-state index in [2.05, 4.69) is 15.8 Å². The maximum atomic E-state index is 12.9. The molecule has 2 N–H and O–H groups in total. The van der Waals surface area contributed by atoms with Crippen LogP contribution in [-0.4, -0.2) is 30.5 Å². The summed E-state index contributed by atoms with van der Waals surface area (Å²) in [6.45, 7) is 1.60. The fraction of sp³-hybridized carbons (Fsp3) is 0.0833. The molecule has 0 unspecified atom stereocenters. The van der Waals surface area contributed by atoms with Crippen molar-refractivity contribution in [3.8, 4) is 5.75 Å². The monoisotopic (exact) mass is 433 g/mol. The minimum atomic E-state index is -0.527. The number of carbonyl (C=O) groups excluding carboxylic acids is 3. The van der Waals surface area contributed by atoms with Crippen molar-refractivity contribution in [1.29, 1.82) is 0 Å². The molecular formula is C24H20FN3O4. The molecule has 0 fully saturated rings. The second-order valence-electron chi connectivity index (χ2n) is 6.81. The number of carbonyl (C=O) groups is 3. The van der Waals surface area contributed by atoms with Gasteiger partial charge in [0.1, 0.15) is 11.6 Å². The van der Waals surface area contributed by atoms with Gasteiger partial charge in [-0.3, -0.25) is 9.59 Å². The zero-order chi connectivity index (χ0) is 22.9. The second kappa shape index (κ2) is 10.6. The molecular weight excluding hydrogens is 413 g/mol. The van der Waals surface area contributed by atoms with E-state index < -0.39 is 23.6 Å². The topological polar surface area (TPSA) is 96.9 Å². The number of ether oxygens (including phenoxy) is 1. The average molecular weight is 433 g/mol. The molecule has 162 valence electrons. The number of amides is 2. The van der Waals surface area contributed by atoms with Gasteiger partial charge in [0.05, 0.1) is 18.3 Å². The Morgan fingerprint density at radius 1 is 0.969 bits per heavy atom. The molecule has 0 spiro atoms. The highest BCUT2D eigenvalue weighted by atomic mass is 19.1. The number of nitrogens with one attached hydrogen (secondary N) is 2. The molecule has 0 bridgehead atoms. The Kier molecular flexibility index (Phi) is 7.42. The molecule has 0 aliphatic heterocycles. The van der Waals surface area contributed by atoms with Crippen molar-refractivity contribution in [2.75, 3.05) is 6.54 Å². The van der Waals surface area contributed by atoms with Gasteiger partial charge in [-0.25, -0.2) is 14.6 Å². The van der Waals surface area contributed by atoms with Crippen molar-refractivity contribution < 1.29 is 23.5 Å². The standard InChI is InChI=1S/C24H20FN3O4/c1-16-3-2-4-19(13-16)24(31)32-21-11-5-17(6-12-21)14-27-28-22(29)15-26-23(30)18-7-9-20(25)10-8-18/h2-14H,15H2,1H3,(H,26,30)(H,28,29)/b27-14-. The second-order valence-corrected chi connectivity index (χ2v) is 6.81. The quantitative estimate of drug-likeness (QED) is 0.259. The first-order valence-electron chi connectivity index (χ1n) is 9.65. The van der Waals surface area contributed by atoms with E-state index in [0.717, 1.165) is 17.7 Å². The Labute approximate surface area is 183 Å². The maximum Gasteiger partial charge on any atom is 0.343 e. The number of benzene rings is 3. The van der Waals surface area contributed by atoms with Crippen molar-refractivity contribution in [3.63, 3.8) is 0 Å². The van der Waals surface area contributed by atoms with Crippen molar-refractivity contribution >= 4 is 24.0 Å². The average Bonchev–Trinajstić information content (AvgIpc) is 2.79. The first-order chi connectivity index (χ1) is 15.4. The number of nitrogens with zero attached hydrogens (tertiary/aromatic N) is 1. The molecule has 0 atom stereocenters. The van der Waals surface area contributed by atoms with Gasteiger partial charge in [0, 0.05) is 5.56 Å². The summed E-state index contributed by atoms with van der Waals surface area (Å²) in [5, 5.41) is 6.23. The molecule has 2 amide bonds. The number of esters is 1. The van der Waals surface area contributed by atoms with Crippen LogP contribution in [0.3, 0.4) is 0 Å². The lowest BCUT2D eigenvalue weighted by atomic mass is 10.1. The summed E-state index contributed by atoms with van der Waals surface area (Å²) in [7, 11) is 0. The third kappa shape index (κ3) is 6.60. The minimum Gasteiger partial charge on any atom is -0.423 e. The predicted octanol–water partition coefficient (Wildman–Crippen LogP) is 3.23. The van der Waals surface area contributed by atoms with E-state index in [1.807, 2.05) is 13.0 Å². The Bertz CT molecular complexity index is 1140. The zero-order valence-electron chi connectivity index (χ0n) is 17.2. The molecule has 0 aliphatic carbocycles. The highest BCUT2D eigenvalue weighted by Gasteiger charge is 2.09. The van der Waals surface area contributed by atoms with Crippen molar-refractivity contribution in [2.24, 2.45) is 5.10 Å². The van der Waals surface area contributed by atoms with Crippen LogP contribution in [0, 0.1) is 12.7 Å². The minimum absolute atomic E-state index is 0.242. The molecule has 3 aromatic rings. The molecule has 3 rings (SSSR count). The van der Waals surface area contributed by atoms with Crippen LogP contribution in [0.2, 0.25) is 0 Å². The fourth-order valence-corrected chi connectivity index (χ4v) is 2.64. The first kappa shape index (κ1) is 22.4. The van der Waals surface area contributed by atoms with Gasteiger partial charge in [0.25, 0.3) is 11.8 Å². The molecule has 7 nitrogen and oxygen atoms in total. The molecule has 3 aromatic carbocycles.